The molecule has 6 aliphatic rings. The maximum Gasteiger partial charge on any atom is 0.185 e. The summed E-state index contributed by atoms with van der Waals surface area (Å²) in [5.41, 5.74) is 3.72. The molecule has 6 unspecified atom stereocenters. The number of hydrogen-bond acceptors (Lipinski definition) is 4. The lowest BCUT2D eigenvalue weighted by molar-refractivity contribution is -0.0259. The van der Waals surface area contributed by atoms with Crippen LogP contribution in [0.4, 0.5) is 0 Å². The quantitative estimate of drug-likeness (QED) is 0.381. The molecule has 0 spiro atoms. The van der Waals surface area contributed by atoms with Crippen molar-refractivity contribution in [3.63, 3.8) is 0 Å². The Bertz CT molecular complexity index is 1420. The second kappa shape index (κ2) is 8.17. The van der Waals surface area contributed by atoms with Gasteiger partial charge in [0.2, 0.25) is 0 Å². The zero-order valence-corrected chi connectivity index (χ0v) is 24.4. The Balaban J connectivity index is 1.19. The topological polar surface area (TPSA) is 68.3 Å². The molecular formula is C32H38O4S2. The summed E-state index contributed by atoms with van der Waals surface area (Å²) in [5.74, 6) is 1.40. The fraction of sp³-hybridized carbons (Fsp3) is 0.500. The minimum absolute atomic E-state index is 0.147. The predicted octanol–water partition coefficient (Wildman–Crippen LogP) is 6.88. The highest BCUT2D eigenvalue weighted by atomic mass is 32.2. The van der Waals surface area contributed by atoms with Crippen molar-refractivity contribution in [3.8, 4) is 11.1 Å². The lowest BCUT2D eigenvalue weighted by atomic mass is 9.47. The van der Waals surface area contributed by atoms with Crippen molar-refractivity contribution in [2.24, 2.45) is 34.5 Å². The Morgan fingerprint density at radius 2 is 0.895 bits per heavy atom. The van der Waals surface area contributed by atoms with E-state index < -0.39 is 30.2 Å². The maximum atomic E-state index is 13.5. The van der Waals surface area contributed by atoms with E-state index in [2.05, 4.69) is 40.9 Å². The smallest absolute Gasteiger partial charge is 0.185 e. The van der Waals surface area contributed by atoms with E-state index in [4.69, 9.17) is 0 Å². The van der Waals surface area contributed by atoms with Gasteiger partial charge in [0.1, 0.15) is 0 Å². The molecule has 6 atom stereocenters. The Labute approximate surface area is 228 Å². The molecule has 0 aliphatic heterocycles. The molecule has 0 N–H and O–H groups in total. The van der Waals surface area contributed by atoms with E-state index in [0.717, 1.165) is 35.1 Å². The van der Waals surface area contributed by atoms with Crippen molar-refractivity contribution in [2.75, 3.05) is 0 Å². The zero-order chi connectivity index (χ0) is 27.4. The molecule has 0 radical (unpaired) electrons. The lowest BCUT2D eigenvalue weighted by Gasteiger charge is -2.59. The number of rotatable bonds is 5. The average Bonchev–Trinajstić information content (AvgIpc) is 2.88. The minimum Gasteiger partial charge on any atom is -0.223 e. The third-order valence-corrected chi connectivity index (χ3v) is 15.5. The van der Waals surface area contributed by atoms with Gasteiger partial charge in [-0.25, -0.2) is 16.8 Å². The molecule has 8 rings (SSSR count). The van der Waals surface area contributed by atoms with Crippen molar-refractivity contribution in [2.45, 2.75) is 73.7 Å². The van der Waals surface area contributed by atoms with Crippen LogP contribution in [-0.2, 0) is 19.7 Å². The minimum atomic E-state index is -3.50. The van der Waals surface area contributed by atoms with Gasteiger partial charge in [0, 0.05) is 0 Å². The fourth-order valence-corrected chi connectivity index (χ4v) is 11.8. The Kier molecular flexibility index (Phi) is 5.60. The summed E-state index contributed by atoms with van der Waals surface area (Å²) < 4.78 is 53.9. The molecule has 2 aromatic carbocycles. The van der Waals surface area contributed by atoms with Crippen molar-refractivity contribution >= 4 is 19.7 Å². The summed E-state index contributed by atoms with van der Waals surface area (Å²) >= 11 is 0. The molecule has 0 amide bonds. The molecule has 202 valence electrons. The van der Waals surface area contributed by atoms with Crippen LogP contribution in [0.3, 0.4) is 0 Å². The van der Waals surface area contributed by atoms with Crippen LogP contribution in [0.1, 0.15) is 53.4 Å². The largest absolute Gasteiger partial charge is 0.223 e. The second-order valence-corrected chi connectivity index (χ2v) is 17.6. The summed E-state index contributed by atoms with van der Waals surface area (Å²) in [5, 5.41) is -1.03. The van der Waals surface area contributed by atoms with Crippen molar-refractivity contribution in [1.29, 1.82) is 0 Å². The number of benzene rings is 2. The average molecular weight is 551 g/mol. The van der Waals surface area contributed by atoms with E-state index in [1.165, 1.54) is 0 Å². The zero-order valence-electron chi connectivity index (χ0n) is 22.8. The summed E-state index contributed by atoms with van der Waals surface area (Å²) in [6.45, 7) is 17.3. The molecule has 4 bridgehead atoms. The molecule has 0 aromatic heterocycles. The highest BCUT2D eigenvalue weighted by Crippen LogP contribution is 2.63. The highest BCUT2D eigenvalue weighted by Gasteiger charge is 2.58. The summed E-state index contributed by atoms with van der Waals surface area (Å²) in [6, 6.07) is 13.9. The van der Waals surface area contributed by atoms with Crippen molar-refractivity contribution in [3.05, 3.63) is 72.8 Å². The van der Waals surface area contributed by atoms with Gasteiger partial charge in [0.05, 0.1) is 20.3 Å². The van der Waals surface area contributed by atoms with E-state index >= 15 is 0 Å². The lowest BCUT2D eigenvalue weighted by Crippen LogP contribution is -2.54. The van der Waals surface area contributed by atoms with Gasteiger partial charge in [-0.05, 0) is 95.6 Å². The first kappa shape index (κ1) is 26.1. The van der Waals surface area contributed by atoms with Crippen LogP contribution < -0.4 is 0 Å². The normalized spacial score (nSPS) is 33.3. The molecule has 6 heteroatoms. The molecule has 6 aliphatic carbocycles. The highest BCUT2D eigenvalue weighted by molar-refractivity contribution is 7.92. The third kappa shape index (κ3) is 3.51. The first-order valence-corrected chi connectivity index (χ1v) is 16.8. The molecule has 6 saturated carbocycles. The number of sulfone groups is 2. The summed E-state index contributed by atoms with van der Waals surface area (Å²) in [4.78, 5) is 0.644. The van der Waals surface area contributed by atoms with Crippen LogP contribution in [0.5, 0.6) is 0 Å². The molecule has 4 nitrogen and oxygen atoms in total. The van der Waals surface area contributed by atoms with Crippen LogP contribution in [0, 0.1) is 34.5 Å². The van der Waals surface area contributed by atoms with Crippen LogP contribution in [0.15, 0.2) is 82.6 Å². The first-order chi connectivity index (χ1) is 17.7. The van der Waals surface area contributed by atoms with Gasteiger partial charge in [-0.2, -0.15) is 0 Å². The van der Waals surface area contributed by atoms with Crippen molar-refractivity contribution in [1.82, 2.24) is 0 Å². The Hall–Kier alpha value is -2.18. The standard InChI is InChI=1S/C32H38O4S2/c1-19-27-15-23(31(27,3)4)17-29(19)37(33,34)25-11-7-21(8-12-25)22-9-13-26(14-10-22)38(35,36)30-18-24-16-28(20(30)2)32(24,5)6/h7-14,23-24,27-30H,1-2,15-18H2,3-6H3. The molecule has 38 heavy (non-hydrogen) atoms. The van der Waals surface area contributed by atoms with E-state index in [1.54, 1.807) is 24.3 Å². The van der Waals surface area contributed by atoms with Gasteiger partial charge in [-0.15, -0.1) is 0 Å². The monoisotopic (exact) mass is 550 g/mol. The van der Waals surface area contributed by atoms with E-state index in [1.807, 2.05) is 24.3 Å². The molecule has 0 heterocycles. The SMILES string of the molecule is C=C1C2CC(CC1S(=O)(=O)c1ccc(-c3ccc(S(=O)(=O)C4CC5CC(C4=C)C5(C)C)cc3)cc1)C2(C)C. The first-order valence-electron chi connectivity index (χ1n) is 13.7. The van der Waals surface area contributed by atoms with Gasteiger partial charge >= 0.3 is 0 Å². The fourth-order valence-electron chi connectivity index (χ4n) is 8.01. The van der Waals surface area contributed by atoms with E-state index in [0.29, 0.717) is 34.5 Å². The summed E-state index contributed by atoms with van der Waals surface area (Å²) in [7, 11) is -7.01. The van der Waals surface area contributed by atoms with Crippen LogP contribution in [0.25, 0.3) is 11.1 Å². The number of fused-ring (bicyclic) bond motifs is 4. The van der Waals surface area contributed by atoms with Gasteiger partial charge in [0.25, 0.3) is 0 Å². The van der Waals surface area contributed by atoms with Crippen LogP contribution in [0.2, 0.25) is 0 Å². The molecule has 0 saturated heterocycles. The molecule has 6 fully saturated rings. The predicted molar refractivity (Wildman–Crippen MR) is 152 cm³/mol. The summed E-state index contributed by atoms with van der Waals surface area (Å²) in [6.07, 6.45) is 3.40. The molecule has 2 aromatic rings. The van der Waals surface area contributed by atoms with Gasteiger partial charge in [-0.3, -0.25) is 0 Å². The Morgan fingerprint density at radius 3 is 1.16 bits per heavy atom. The van der Waals surface area contributed by atoms with Gasteiger partial charge in [-0.1, -0.05) is 76.3 Å². The molecular weight excluding hydrogens is 512 g/mol. The maximum absolute atomic E-state index is 13.5. The van der Waals surface area contributed by atoms with Crippen LogP contribution in [-0.4, -0.2) is 27.3 Å². The van der Waals surface area contributed by atoms with Gasteiger partial charge in [0.15, 0.2) is 19.7 Å². The van der Waals surface area contributed by atoms with E-state index in [9.17, 15) is 16.8 Å². The van der Waals surface area contributed by atoms with Crippen LogP contribution >= 0.6 is 0 Å². The Morgan fingerprint density at radius 1 is 0.579 bits per heavy atom. The van der Waals surface area contributed by atoms with E-state index in [-0.39, 0.29) is 22.7 Å². The van der Waals surface area contributed by atoms with Crippen molar-refractivity contribution < 1.29 is 16.8 Å². The second-order valence-electron chi connectivity index (χ2n) is 13.4. The van der Waals surface area contributed by atoms with Gasteiger partial charge < -0.3 is 0 Å². The number of hydrogen-bond donors (Lipinski definition) is 0. The third-order valence-electron chi connectivity index (χ3n) is 11.1.